The highest BCUT2D eigenvalue weighted by Crippen LogP contribution is 2.02. The molecule has 0 aliphatic heterocycles. The van der Waals surface area contributed by atoms with E-state index in [1.54, 1.807) is 0 Å². The van der Waals surface area contributed by atoms with Crippen molar-refractivity contribution in [3.63, 3.8) is 0 Å². The summed E-state index contributed by atoms with van der Waals surface area (Å²) in [4.78, 5) is 21.5. The third-order valence-corrected chi connectivity index (χ3v) is 2.01. The van der Waals surface area contributed by atoms with Crippen LogP contribution in [0.5, 0.6) is 0 Å². The molecule has 1 atom stereocenters. The molecule has 82 valence electrons. The molecule has 0 spiro atoms. The zero-order chi connectivity index (χ0) is 11.0. The number of hydrogen-bond donors (Lipinski definition) is 2. The van der Waals surface area contributed by atoms with Crippen LogP contribution in [0.2, 0.25) is 0 Å². The standard InChI is InChI=1S/C10H19NO3/c1-3-4-5-6-7-9(12)11-8(2)10(13)14/h8H,3-7H2,1-2H3,(H,11,12)(H,13,14). The Labute approximate surface area is 84.7 Å². The lowest BCUT2D eigenvalue weighted by atomic mass is 10.1. The van der Waals surface area contributed by atoms with Crippen LogP contribution in [0.1, 0.15) is 46.0 Å². The number of carbonyl (C=O) groups is 2. The van der Waals surface area contributed by atoms with Gasteiger partial charge in [0.25, 0.3) is 0 Å². The summed E-state index contributed by atoms with van der Waals surface area (Å²) in [6.45, 7) is 3.57. The molecule has 0 aromatic heterocycles. The first-order valence-electron chi connectivity index (χ1n) is 5.10. The van der Waals surface area contributed by atoms with E-state index in [4.69, 9.17) is 5.11 Å². The third kappa shape index (κ3) is 6.46. The van der Waals surface area contributed by atoms with Crippen molar-refractivity contribution in [1.82, 2.24) is 5.32 Å². The lowest BCUT2D eigenvalue weighted by Gasteiger charge is -2.08. The van der Waals surface area contributed by atoms with Crippen LogP contribution in [0.15, 0.2) is 0 Å². The van der Waals surface area contributed by atoms with Crippen LogP contribution in [0.25, 0.3) is 0 Å². The Kier molecular flexibility index (Phi) is 6.80. The Bertz CT molecular complexity index is 192. The highest BCUT2D eigenvalue weighted by Gasteiger charge is 2.12. The molecule has 0 aliphatic rings. The molecule has 0 saturated heterocycles. The summed E-state index contributed by atoms with van der Waals surface area (Å²) >= 11 is 0. The van der Waals surface area contributed by atoms with Gasteiger partial charge in [-0.2, -0.15) is 0 Å². The first kappa shape index (κ1) is 12.9. The van der Waals surface area contributed by atoms with Crippen molar-refractivity contribution >= 4 is 11.9 Å². The van der Waals surface area contributed by atoms with Gasteiger partial charge in [0.15, 0.2) is 0 Å². The summed E-state index contributed by atoms with van der Waals surface area (Å²) in [6.07, 6.45) is 4.56. The second-order valence-electron chi connectivity index (χ2n) is 3.44. The molecule has 1 amide bonds. The summed E-state index contributed by atoms with van der Waals surface area (Å²) in [7, 11) is 0. The van der Waals surface area contributed by atoms with Gasteiger partial charge in [-0.25, -0.2) is 0 Å². The summed E-state index contributed by atoms with van der Waals surface area (Å²) in [6, 6.07) is -0.784. The van der Waals surface area contributed by atoms with Gasteiger partial charge in [0.1, 0.15) is 6.04 Å². The molecular formula is C10H19NO3. The normalized spacial score (nSPS) is 12.1. The van der Waals surface area contributed by atoms with E-state index in [0.29, 0.717) is 6.42 Å². The van der Waals surface area contributed by atoms with Crippen molar-refractivity contribution < 1.29 is 14.7 Å². The van der Waals surface area contributed by atoms with Crippen molar-refractivity contribution in [1.29, 1.82) is 0 Å². The van der Waals surface area contributed by atoms with E-state index in [2.05, 4.69) is 12.2 Å². The predicted octanol–water partition coefficient (Wildman–Crippen LogP) is 1.55. The van der Waals surface area contributed by atoms with Crippen LogP contribution in [0.4, 0.5) is 0 Å². The molecule has 2 N–H and O–H groups in total. The molecule has 1 unspecified atom stereocenters. The lowest BCUT2D eigenvalue weighted by molar-refractivity contribution is -0.141. The predicted molar refractivity (Wildman–Crippen MR) is 54.0 cm³/mol. The highest BCUT2D eigenvalue weighted by atomic mass is 16.4. The Morgan fingerprint density at radius 2 is 1.93 bits per heavy atom. The fourth-order valence-corrected chi connectivity index (χ4v) is 1.09. The van der Waals surface area contributed by atoms with Crippen molar-refractivity contribution in [2.24, 2.45) is 0 Å². The van der Waals surface area contributed by atoms with Gasteiger partial charge in [-0.05, 0) is 13.3 Å². The van der Waals surface area contributed by atoms with E-state index in [0.717, 1.165) is 25.7 Å². The molecule has 0 fully saturated rings. The van der Waals surface area contributed by atoms with Gasteiger partial charge in [0, 0.05) is 6.42 Å². The quantitative estimate of drug-likeness (QED) is 0.614. The summed E-state index contributed by atoms with van der Waals surface area (Å²) in [5.41, 5.74) is 0. The number of amides is 1. The Morgan fingerprint density at radius 3 is 2.43 bits per heavy atom. The van der Waals surface area contributed by atoms with E-state index in [1.807, 2.05) is 0 Å². The van der Waals surface area contributed by atoms with Crippen molar-refractivity contribution in [3.8, 4) is 0 Å². The lowest BCUT2D eigenvalue weighted by Crippen LogP contribution is -2.38. The van der Waals surface area contributed by atoms with Gasteiger partial charge in [-0.3, -0.25) is 9.59 Å². The minimum absolute atomic E-state index is 0.170. The number of hydrogen-bond acceptors (Lipinski definition) is 2. The molecule has 0 aliphatic carbocycles. The molecule has 4 nitrogen and oxygen atoms in total. The fourth-order valence-electron chi connectivity index (χ4n) is 1.09. The molecule has 4 heteroatoms. The van der Waals surface area contributed by atoms with E-state index in [1.165, 1.54) is 6.92 Å². The number of carbonyl (C=O) groups excluding carboxylic acids is 1. The molecule has 0 aromatic rings. The molecule has 0 saturated carbocycles. The molecule has 0 rings (SSSR count). The maximum Gasteiger partial charge on any atom is 0.325 e. The summed E-state index contributed by atoms with van der Waals surface area (Å²) in [5.74, 6) is -1.16. The molecular weight excluding hydrogens is 182 g/mol. The van der Waals surface area contributed by atoms with Gasteiger partial charge in [-0.1, -0.05) is 26.2 Å². The molecule has 0 heterocycles. The van der Waals surface area contributed by atoms with Gasteiger partial charge in [-0.15, -0.1) is 0 Å². The van der Waals surface area contributed by atoms with Gasteiger partial charge < -0.3 is 10.4 Å². The maximum atomic E-state index is 11.1. The maximum absolute atomic E-state index is 11.1. The van der Waals surface area contributed by atoms with Gasteiger partial charge in [0.2, 0.25) is 5.91 Å². The third-order valence-electron chi connectivity index (χ3n) is 2.01. The number of carboxylic acids is 1. The molecule has 0 radical (unpaired) electrons. The number of unbranched alkanes of at least 4 members (excludes halogenated alkanes) is 3. The Morgan fingerprint density at radius 1 is 1.29 bits per heavy atom. The SMILES string of the molecule is CCCCCCC(=O)NC(C)C(=O)O. The van der Waals surface area contributed by atoms with Crippen molar-refractivity contribution in [3.05, 3.63) is 0 Å². The number of carboxylic acid groups (broad SMARTS) is 1. The summed E-state index contributed by atoms with van der Waals surface area (Å²) < 4.78 is 0. The first-order valence-corrected chi connectivity index (χ1v) is 5.10. The Balaban J connectivity index is 3.50. The van der Waals surface area contributed by atoms with Crippen LogP contribution < -0.4 is 5.32 Å². The zero-order valence-corrected chi connectivity index (χ0v) is 8.88. The summed E-state index contributed by atoms with van der Waals surface area (Å²) in [5, 5.41) is 10.9. The topological polar surface area (TPSA) is 66.4 Å². The van der Waals surface area contributed by atoms with Crippen LogP contribution in [0.3, 0.4) is 0 Å². The number of nitrogens with one attached hydrogen (secondary N) is 1. The highest BCUT2D eigenvalue weighted by molar-refractivity contribution is 5.83. The molecule has 14 heavy (non-hydrogen) atoms. The molecule has 0 bridgehead atoms. The van der Waals surface area contributed by atoms with Gasteiger partial charge in [0.05, 0.1) is 0 Å². The fraction of sp³-hybridized carbons (Fsp3) is 0.800. The van der Waals surface area contributed by atoms with E-state index < -0.39 is 12.0 Å². The minimum Gasteiger partial charge on any atom is -0.480 e. The second-order valence-corrected chi connectivity index (χ2v) is 3.44. The average Bonchev–Trinajstić information content (AvgIpc) is 2.12. The van der Waals surface area contributed by atoms with E-state index >= 15 is 0 Å². The van der Waals surface area contributed by atoms with Crippen LogP contribution >= 0.6 is 0 Å². The largest absolute Gasteiger partial charge is 0.480 e. The van der Waals surface area contributed by atoms with Crippen LogP contribution in [-0.4, -0.2) is 23.0 Å². The smallest absolute Gasteiger partial charge is 0.325 e. The van der Waals surface area contributed by atoms with Crippen LogP contribution in [0, 0.1) is 0 Å². The monoisotopic (exact) mass is 201 g/mol. The number of aliphatic carboxylic acids is 1. The zero-order valence-electron chi connectivity index (χ0n) is 8.88. The van der Waals surface area contributed by atoms with E-state index in [-0.39, 0.29) is 5.91 Å². The van der Waals surface area contributed by atoms with E-state index in [9.17, 15) is 9.59 Å². The van der Waals surface area contributed by atoms with Crippen molar-refractivity contribution in [2.75, 3.05) is 0 Å². The van der Waals surface area contributed by atoms with Crippen LogP contribution in [-0.2, 0) is 9.59 Å². The van der Waals surface area contributed by atoms with Gasteiger partial charge >= 0.3 is 5.97 Å². The van der Waals surface area contributed by atoms with Crippen molar-refractivity contribution in [2.45, 2.75) is 52.0 Å². The minimum atomic E-state index is -0.994. The average molecular weight is 201 g/mol. The number of rotatable bonds is 7. The first-order chi connectivity index (χ1) is 6.57. The molecule has 0 aromatic carbocycles. The Hall–Kier alpha value is -1.06. The second kappa shape index (κ2) is 7.35.